The summed E-state index contributed by atoms with van der Waals surface area (Å²) in [7, 11) is -6.04. The Morgan fingerprint density at radius 2 is 1.63 bits per heavy atom. The normalized spacial score (nSPS) is 15.5. The summed E-state index contributed by atoms with van der Waals surface area (Å²) in [6.07, 6.45) is 0.179. The molecule has 0 radical (unpaired) electrons. The van der Waals surface area contributed by atoms with E-state index < -0.39 is 37.9 Å². The highest BCUT2D eigenvalue weighted by molar-refractivity contribution is 7.91. The van der Waals surface area contributed by atoms with E-state index in [4.69, 9.17) is 5.10 Å². The zero-order valence-corrected chi connectivity index (χ0v) is 27.8. The molecule has 0 saturated carbocycles. The molecule has 0 aliphatic carbocycles. The minimum absolute atomic E-state index is 0.0623. The number of nitrogens with one attached hydrogen (secondary N) is 3. The van der Waals surface area contributed by atoms with Gasteiger partial charge in [-0.15, -0.1) is 0 Å². The van der Waals surface area contributed by atoms with Crippen molar-refractivity contribution >= 4 is 54.3 Å². The first-order chi connectivity index (χ1) is 21.6. The predicted molar refractivity (Wildman–Crippen MR) is 179 cm³/mol. The molecular weight excluding hydrogens is 629 g/mol. The summed E-state index contributed by atoms with van der Waals surface area (Å²) in [4.78, 5) is 25.9. The molecule has 1 saturated heterocycles. The third-order valence-electron chi connectivity index (χ3n) is 7.88. The predicted octanol–water partition coefficient (Wildman–Crippen LogP) is 4.58. The van der Waals surface area contributed by atoms with E-state index in [-0.39, 0.29) is 36.3 Å². The fraction of sp³-hybridized carbons (Fsp3) is 0.344. The molecule has 46 heavy (non-hydrogen) atoms. The van der Waals surface area contributed by atoms with Gasteiger partial charge in [-0.25, -0.2) is 22.6 Å². The number of hydrogen-bond acceptors (Lipinski definition) is 7. The van der Waals surface area contributed by atoms with Crippen molar-refractivity contribution in [1.29, 1.82) is 0 Å². The maximum absolute atomic E-state index is 13.2. The first-order valence-corrected chi connectivity index (χ1v) is 18.1. The van der Waals surface area contributed by atoms with Crippen molar-refractivity contribution in [1.82, 2.24) is 18.8 Å². The highest BCUT2D eigenvalue weighted by Crippen LogP contribution is 2.28. The van der Waals surface area contributed by atoms with Crippen LogP contribution >= 0.6 is 0 Å². The van der Waals surface area contributed by atoms with Crippen molar-refractivity contribution in [3.8, 4) is 5.69 Å². The molecule has 0 atom stereocenters. The Morgan fingerprint density at radius 1 is 0.957 bits per heavy atom. The largest absolute Gasteiger partial charge is 0.324 e. The fourth-order valence-corrected chi connectivity index (χ4v) is 7.59. The van der Waals surface area contributed by atoms with Crippen molar-refractivity contribution in [2.24, 2.45) is 5.92 Å². The van der Waals surface area contributed by atoms with Gasteiger partial charge in [0.2, 0.25) is 5.91 Å². The molecule has 3 aromatic carbocycles. The van der Waals surface area contributed by atoms with Gasteiger partial charge in [-0.05, 0) is 42.0 Å². The van der Waals surface area contributed by atoms with Gasteiger partial charge >= 0.3 is 16.2 Å². The molecule has 14 heteroatoms. The molecule has 1 aromatic heterocycles. The van der Waals surface area contributed by atoms with Crippen molar-refractivity contribution in [2.45, 2.75) is 45.6 Å². The summed E-state index contributed by atoms with van der Waals surface area (Å²) >= 11 is 0. The second kappa shape index (κ2) is 12.9. The monoisotopic (exact) mass is 666 g/mol. The molecular formula is C32H38N6O6S2. The van der Waals surface area contributed by atoms with Gasteiger partial charge in [0.05, 0.1) is 28.6 Å². The summed E-state index contributed by atoms with van der Waals surface area (Å²) in [5.74, 6) is -1.25. The number of hydrogen-bond donors (Lipinski definition) is 3. The van der Waals surface area contributed by atoms with Gasteiger partial charge in [-0.1, -0.05) is 69.3 Å². The highest BCUT2D eigenvalue weighted by atomic mass is 32.2. The second-order valence-corrected chi connectivity index (χ2v) is 16.6. The number of amides is 3. The number of anilines is 2. The van der Waals surface area contributed by atoms with Gasteiger partial charge in [0.25, 0.3) is 0 Å². The first-order valence-electron chi connectivity index (χ1n) is 14.9. The van der Waals surface area contributed by atoms with Crippen LogP contribution in [-0.4, -0.2) is 61.4 Å². The van der Waals surface area contributed by atoms with E-state index in [0.717, 1.165) is 20.8 Å². The summed E-state index contributed by atoms with van der Waals surface area (Å²) in [6, 6.07) is 21.8. The number of aromatic nitrogens is 2. The van der Waals surface area contributed by atoms with Crippen LogP contribution in [0.5, 0.6) is 0 Å². The van der Waals surface area contributed by atoms with Gasteiger partial charge in [0.1, 0.15) is 15.7 Å². The van der Waals surface area contributed by atoms with Crippen molar-refractivity contribution in [3.63, 3.8) is 0 Å². The Bertz CT molecular complexity index is 1980. The lowest BCUT2D eigenvalue weighted by atomic mass is 9.92. The minimum Gasteiger partial charge on any atom is -0.307 e. The smallest absolute Gasteiger partial charge is 0.307 e. The first kappa shape index (κ1) is 33.1. The minimum atomic E-state index is -4.20. The zero-order valence-electron chi connectivity index (χ0n) is 26.1. The summed E-state index contributed by atoms with van der Waals surface area (Å²) in [5, 5.41) is 12.5. The Hall–Kier alpha value is -4.27. The van der Waals surface area contributed by atoms with Crippen LogP contribution in [-0.2, 0) is 36.8 Å². The topological polar surface area (TPSA) is 160 Å². The average Bonchev–Trinajstić information content (AvgIpc) is 3.41. The molecule has 0 unspecified atom stereocenters. The highest BCUT2D eigenvalue weighted by Gasteiger charge is 2.32. The lowest BCUT2D eigenvalue weighted by Crippen LogP contribution is -2.45. The van der Waals surface area contributed by atoms with Crippen LogP contribution in [0.25, 0.3) is 16.5 Å². The quantitative estimate of drug-likeness (QED) is 0.248. The van der Waals surface area contributed by atoms with E-state index in [2.05, 4.69) is 15.4 Å². The molecule has 2 heterocycles. The Morgan fingerprint density at radius 3 is 2.35 bits per heavy atom. The third kappa shape index (κ3) is 7.74. The van der Waals surface area contributed by atoms with E-state index in [9.17, 15) is 26.4 Å². The molecule has 1 fully saturated rings. The molecule has 12 nitrogen and oxygen atoms in total. The number of sulfone groups is 1. The van der Waals surface area contributed by atoms with Crippen molar-refractivity contribution in [3.05, 3.63) is 84.1 Å². The SMILES string of the molecule is CN(Cc1cccc(-n2nc(C(C)(C)C)cc2NC(=O)Nc2cccc3ccccc23)c1)S(=O)(=O)NC(=O)C1CCS(=O)(=O)CC1. The maximum atomic E-state index is 13.2. The summed E-state index contributed by atoms with van der Waals surface area (Å²) < 4.78 is 54.1. The fourth-order valence-electron chi connectivity index (χ4n) is 5.21. The van der Waals surface area contributed by atoms with Crippen molar-refractivity contribution in [2.75, 3.05) is 29.2 Å². The van der Waals surface area contributed by atoms with E-state index in [0.29, 0.717) is 22.8 Å². The van der Waals surface area contributed by atoms with Crippen molar-refractivity contribution < 1.29 is 26.4 Å². The number of carbonyl (C=O) groups is 2. The maximum Gasteiger partial charge on any atom is 0.324 e. The molecule has 3 amide bonds. The Kier molecular flexibility index (Phi) is 9.25. The van der Waals surface area contributed by atoms with E-state index in [1.165, 1.54) is 7.05 Å². The lowest BCUT2D eigenvalue weighted by Gasteiger charge is -2.23. The van der Waals surface area contributed by atoms with Crippen LogP contribution in [0.1, 0.15) is 44.9 Å². The number of rotatable bonds is 8. The standard InChI is InChI=1S/C32H38N6O6S2/c1-32(2,3)28-20-29(34-31(40)33-27-14-8-11-23-10-5-6-13-26(23)27)38(35-28)25-12-7-9-22(19-25)21-37(4)46(43,44)36-30(39)24-15-17-45(41,42)18-16-24/h5-14,19-20,24H,15-18,21H2,1-4H3,(H,36,39)(H2,33,34,40). The molecule has 4 aromatic rings. The van der Waals surface area contributed by atoms with Gasteiger partial charge in [0.15, 0.2) is 0 Å². The molecule has 0 spiro atoms. The van der Waals surface area contributed by atoms with Crippen LogP contribution in [0.3, 0.4) is 0 Å². The lowest BCUT2D eigenvalue weighted by molar-refractivity contribution is -0.123. The van der Waals surface area contributed by atoms with Crippen LogP contribution < -0.4 is 15.4 Å². The van der Waals surface area contributed by atoms with Gasteiger partial charge in [0, 0.05) is 36.4 Å². The molecule has 244 valence electrons. The third-order valence-corrected chi connectivity index (χ3v) is 11.0. The number of urea groups is 1. The number of nitrogens with zero attached hydrogens (tertiary/aromatic N) is 3. The van der Waals surface area contributed by atoms with Crippen LogP contribution in [0.4, 0.5) is 16.3 Å². The van der Waals surface area contributed by atoms with E-state index in [1.807, 2.05) is 63.2 Å². The average molecular weight is 667 g/mol. The van der Waals surface area contributed by atoms with Crippen LogP contribution in [0.15, 0.2) is 72.8 Å². The number of fused-ring (bicyclic) bond motifs is 1. The molecule has 5 rings (SSSR count). The zero-order chi connectivity index (χ0) is 33.3. The molecule has 1 aliphatic rings. The summed E-state index contributed by atoms with van der Waals surface area (Å²) in [6.45, 7) is 5.97. The molecule has 0 bridgehead atoms. The van der Waals surface area contributed by atoms with Crippen LogP contribution in [0, 0.1) is 5.92 Å². The Labute approximate surface area is 269 Å². The van der Waals surface area contributed by atoms with Gasteiger partial charge in [-0.3, -0.25) is 10.1 Å². The molecule has 1 aliphatic heterocycles. The molecule has 3 N–H and O–H groups in total. The van der Waals surface area contributed by atoms with Gasteiger partial charge in [-0.2, -0.15) is 17.8 Å². The van der Waals surface area contributed by atoms with E-state index >= 15 is 0 Å². The summed E-state index contributed by atoms with van der Waals surface area (Å²) in [5.41, 5.74) is 2.26. The number of carbonyl (C=O) groups excluding carboxylic acids is 2. The van der Waals surface area contributed by atoms with Crippen LogP contribution in [0.2, 0.25) is 0 Å². The number of benzene rings is 3. The Balaban J connectivity index is 1.33. The van der Waals surface area contributed by atoms with Gasteiger partial charge < -0.3 is 5.32 Å². The second-order valence-electron chi connectivity index (χ2n) is 12.5. The van der Waals surface area contributed by atoms with E-state index in [1.54, 1.807) is 35.0 Å².